The third-order valence-corrected chi connectivity index (χ3v) is 4.94. The Balaban J connectivity index is 1.91. The van der Waals surface area contributed by atoms with Gasteiger partial charge in [-0.15, -0.1) is 0 Å². The average molecular weight is 275 g/mol. The van der Waals surface area contributed by atoms with E-state index < -0.39 is 0 Å². The molecule has 1 N–H and O–H groups in total. The summed E-state index contributed by atoms with van der Waals surface area (Å²) in [7, 11) is 0. The molecule has 1 aliphatic carbocycles. The summed E-state index contributed by atoms with van der Waals surface area (Å²) in [5.74, 6) is 2.96. The van der Waals surface area contributed by atoms with E-state index >= 15 is 0 Å². The third-order valence-electron chi connectivity index (χ3n) is 4.94. The number of imidazole rings is 1. The van der Waals surface area contributed by atoms with Crippen LogP contribution in [0.4, 0.5) is 0 Å². The summed E-state index contributed by atoms with van der Waals surface area (Å²) >= 11 is 0. The van der Waals surface area contributed by atoms with Gasteiger partial charge in [-0.3, -0.25) is 0 Å². The van der Waals surface area contributed by atoms with E-state index in [2.05, 4.69) is 30.7 Å². The number of aromatic nitrogens is 2. The van der Waals surface area contributed by atoms with Crippen LogP contribution in [0, 0.1) is 11.8 Å². The maximum atomic E-state index is 4.99. The van der Waals surface area contributed by atoms with Gasteiger partial charge in [0.05, 0.1) is 5.69 Å². The van der Waals surface area contributed by atoms with Crippen molar-refractivity contribution >= 4 is 0 Å². The minimum absolute atomic E-state index is 0.688. The molecule has 0 aromatic carbocycles. The Kier molecular flexibility index (Phi) is 4.16. The quantitative estimate of drug-likeness (QED) is 0.915. The molecule has 0 saturated heterocycles. The van der Waals surface area contributed by atoms with Crippen LogP contribution in [-0.2, 0) is 19.4 Å². The first kappa shape index (κ1) is 14.1. The smallest absolute Gasteiger partial charge is 0.109 e. The lowest BCUT2D eigenvalue weighted by Crippen LogP contribution is -2.27. The molecular weight excluding hydrogens is 246 g/mol. The molecule has 2 heterocycles. The fourth-order valence-corrected chi connectivity index (χ4v) is 3.83. The summed E-state index contributed by atoms with van der Waals surface area (Å²) in [5, 5.41) is 3.47. The van der Waals surface area contributed by atoms with E-state index in [1.54, 1.807) is 5.69 Å². The largest absolute Gasteiger partial charge is 0.329 e. The van der Waals surface area contributed by atoms with Gasteiger partial charge >= 0.3 is 0 Å². The molecule has 1 aromatic rings. The van der Waals surface area contributed by atoms with Crippen LogP contribution in [0.3, 0.4) is 0 Å². The molecule has 0 unspecified atom stereocenters. The Morgan fingerprint density at radius 2 is 2.00 bits per heavy atom. The second-order valence-electron chi connectivity index (χ2n) is 7.23. The molecule has 1 aliphatic heterocycles. The van der Waals surface area contributed by atoms with Crippen LogP contribution in [-0.4, -0.2) is 16.1 Å². The first-order chi connectivity index (χ1) is 9.65. The SMILES string of the molecule is CC(C)Cc1nc2c(n1C1CCC(C)CC1)CCNC2. The number of fused-ring (bicyclic) bond motifs is 1. The van der Waals surface area contributed by atoms with Crippen molar-refractivity contribution in [2.45, 2.75) is 71.9 Å². The molecule has 0 amide bonds. The van der Waals surface area contributed by atoms with Gasteiger partial charge in [-0.2, -0.15) is 0 Å². The van der Waals surface area contributed by atoms with Gasteiger partial charge in [0.1, 0.15) is 5.82 Å². The molecule has 0 bridgehead atoms. The van der Waals surface area contributed by atoms with Crippen LogP contribution in [0.1, 0.15) is 69.7 Å². The summed E-state index contributed by atoms with van der Waals surface area (Å²) in [6, 6.07) is 0.717. The van der Waals surface area contributed by atoms with E-state index in [9.17, 15) is 0 Å². The molecule has 3 heteroatoms. The normalized spacial score (nSPS) is 26.8. The van der Waals surface area contributed by atoms with E-state index in [-0.39, 0.29) is 0 Å². The summed E-state index contributed by atoms with van der Waals surface area (Å²) in [6.07, 6.45) is 7.75. The lowest BCUT2D eigenvalue weighted by molar-refractivity contribution is 0.278. The Morgan fingerprint density at radius 3 is 2.70 bits per heavy atom. The fraction of sp³-hybridized carbons (Fsp3) is 0.824. The van der Waals surface area contributed by atoms with Gasteiger partial charge in [-0.25, -0.2) is 4.98 Å². The third kappa shape index (κ3) is 2.78. The number of nitrogens with zero attached hydrogens (tertiary/aromatic N) is 2. The second-order valence-corrected chi connectivity index (χ2v) is 7.23. The van der Waals surface area contributed by atoms with Gasteiger partial charge in [0, 0.05) is 37.7 Å². The highest BCUT2D eigenvalue weighted by Crippen LogP contribution is 2.35. The van der Waals surface area contributed by atoms with Crippen molar-refractivity contribution in [3.8, 4) is 0 Å². The number of rotatable bonds is 3. The standard InChI is InChI=1S/C17H29N3/c1-12(2)10-17-19-15-11-18-9-8-16(15)20(17)14-6-4-13(3)5-7-14/h12-14,18H,4-11H2,1-3H3. The van der Waals surface area contributed by atoms with Crippen LogP contribution in [0.5, 0.6) is 0 Å². The molecule has 0 spiro atoms. The molecule has 1 saturated carbocycles. The maximum Gasteiger partial charge on any atom is 0.109 e. The summed E-state index contributed by atoms with van der Waals surface area (Å²) in [6.45, 7) is 9.09. The molecule has 1 fully saturated rings. The van der Waals surface area contributed by atoms with Gasteiger partial charge in [-0.1, -0.05) is 20.8 Å². The van der Waals surface area contributed by atoms with E-state index in [0.717, 1.165) is 31.8 Å². The zero-order valence-corrected chi connectivity index (χ0v) is 13.3. The van der Waals surface area contributed by atoms with Crippen molar-refractivity contribution in [3.63, 3.8) is 0 Å². The van der Waals surface area contributed by atoms with Gasteiger partial charge < -0.3 is 9.88 Å². The highest BCUT2D eigenvalue weighted by molar-refractivity contribution is 5.22. The lowest BCUT2D eigenvalue weighted by Gasteiger charge is -2.31. The Bertz CT molecular complexity index is 453. The van der Waals surface area contributed by atoms with Gasteiger partial charge in [0.2, 0.25) is 0 Å². The van der Waals surface area contributed by atoms with Crippen molar-refractivity contribution in [1.82, 2.24) is 14.9 Å². The van der Waals surface area contributed by atoms with Gasteiger partial charge in [0.25, 0.3) is 0 Å². The van der Waals surface area contributed by atoms with Crippen LogP contribution in [0.15, 0.2) is 0 Å². The van der Waals surface area contributed by atoms with Crippen LogP contribution < -0.4 is 5.32 Å². The minimum Gasteiger partial charge on any atom is -0.329 e. The molecule has 3 rings (SSSR count). The van der Waals surface area contributed by atoms with Crippen molar-refractivity contribution in [2.75, 3.05) is 6.54 Å². The summed E-state index contributed by atoms with van der Waals surface area (Å²) in [5.41, 5.74) is 2.87. The van der Waals surface area contributed by atoms with Gasteiger partial charge in [-0.05, 0) is 37.5 Å². The highest BCUT2D eigenvalue weighted by atomic mass is 15.1. The predicted octanol–water partition coefficient (Wildman–Crippen LogP) is 3.48. The Hall–Kier alpha value is -0.830. The van der Waals surface area contributed by atoms with E-state index in [4.69, 9.17) is 4.98 Å². The molecule has 3 nitrogen and oxygen atoms in total. The Labute approximate surface area is 123 Å². The second kappa shape index (κ2) is 5.88. The molecule has 0 atom stereocenters. The van der Waals surface area contributed by atoms with Crippen LogP contribution in [0.25, 0.3) is 0 Å². The Morgan fingerprint density at radius 1 is 1.25 bits per heavy atom. The molecule has 1 aromatic heterocycles. The zero-order chi connectivity index (χ0) is 14.1. The maximum absolute atomic E-state index is 4.99. The van der Waals surface area contributed by atoms with E-state index in [1.165, 1.54) is 37.2 Å². The van der Waals surface area contributed by atoms with Crippen LogP contribution >= 0.6 is 0 Å². The molecule has 112 valence electrons. The average Bonchev–Trinajstić information content (AvgIpc) is 2.77. The molecule has 2 aliphatic rings. The van der Waals surface area contributed by atoms with Crippen molar-refractivity contribution in [1.29, 1.82) is 0 Å². The minimum atomic E-state index is 0.688. The van der Waals surface area contributed by atoms with E-state index in [1.807, 2.05) is 0 Å². The van der Waals surface area contributed by atoms with Crippen molar-refractivity contribution < 1.29 is 0 Å². The summed E-state index contributed by atoms with van der Waals surface area (Å²) in [4.78, 5) is 4.99. The number of hydrogen-bond donors (Lipinski definition) is 1. The molecule has 20 heavy (non-hydrogen) atoms. The lowest BCUT2D eigenvalue weighted by atomic mass is 9.87. The van der Waals surface area contributed by atoms with Gasteiger partial charge in [0.15, 0.2) is 0 Å². The predicted molar refractivity (Wildman–Crippen MR) is 82.8 cm³/mol. The number of hydrogen-bond acceptors (Lipinski definition) is 2. The highest BCUT2D eigenvalue weighted by Gasteiger charge is 2.27. The summed E-state index contributed by atoms with van der Waals surface area (Å²) < 4.78 is 2.65. The first-order valence-electron chi connectivity index (χ1n) is 8.44. The fourth-order valence-electron chi connectivity index (χ4n) is 3.83. The monoisotopic (exact) mass is 275 g/mol. The molecular formula is C17H29N3. The topological polar surface area (TPSA) is 29.9 Å². The van der Waals surface area contributed by atoms with Crippen LogP contribution in [0.2, 0.25) is 0 Å². The van der Waals surface area contributed by atoms with Crippen molar-refractivity contribution in [2.24, 2.45) is 11.8 Å². The number of nitrogens with one attached hydrogen (secondary N) is 1. The van der Waals surface area contributed by atoms with Crippen molar-refractivity contribution in [3.05, 3.63) is 17.2 Å². The zero-order valence-electron chi connectivity index (χ0n) is 13.3. The van der Waals surface area contributed by atoms with E-state index in [0.29, 0.717) is 12.0 Å². The molecule has 0 radical (unpaired) electrons. The first-order valence-corrected chi connectivity index (χ1v) is 8.44.